The lowest BCUT2D eigenvalue weighted by Gasteiger charge is -2.22. The molecule has 0 aromatic carbocycles. The summed E-state index contributed by atoms with van der Waals surface area (Å²) < 4.78 is 0. The summed E-state index contributed by atoms with van der Waals surface area (Å²) >= 11 is 6.37. The van der Waals surface area contributed by atoms with E-state index in [0.717, 1.165) is 17.8 Å². The quantitative estimate of drug-likeness (QED) is 0.382. The summed E-state index contributed by atoms with van der Waals surface area (Å²) in [4.78, 5) is 15.4. The van der Waals surface area contributed by atoms with E-state index in [2.05, 4.69) is 33.3 Å². The number of aromatic carboxylic acids is 1. The maximum atomic E-state index is 11.1. The predicted molar refractivity (Wildman–Crippen MR) is 85.4 cm³/mol. The Hall–Kier alpha value is -1.67. The Morgan fingerprint density at radius 1 is 1.48 bits per heavy atom. The van der Waals surface area contributed by atoms with Gasteiger partial charge in [0, 0.05) is 6.04 Å². The van der Waals surface area contributed by atoms with Crippen LogP contribution in [-0.4, -0.2) is 27.2 Å². The number of allylic oxidation sites excluding steroid dienone is 1. The highest BCUT2D eigenvalue weighted by atomic mass is 32.1. The lowest BCUT2D eigenvalue weighted by atomic mass is 10.0. The molecule has 6 nitrogen and oxygen atoms in total. The van der Waals surface area contributed by atoms with Crippen molar-refractivity contribution in [3.63, 3.8) is 0 Å². The number of carboxylic acid groups (broad SMARTS) is 1. The van der Waals surface area contributed by atoms with E-state index in [9.17, 15) is 4.79 Å². The molecule has 2 aliphatic rings. The number of hydrogen-bond acceptors (Lipinski definition) is 5. The molecule has 8 heteroatoms. The maximum Gasteiger partial charge on any atom is 0.349 e. The minimum Gasteiger partial charge on any atom is -0.477 e. The first-order valence-corrected chi connectivity index (χ1v) is 7.97. The number of nitrogens with zero attached hydrogens (tertiary/aromatic N) is 1. The van der Waals surface area contributed by atoms with Crippen molar-refractivity contribution in [2.24, 2.45) is 11.8 Å². The van der Waals surface area contributed by atoms with E-state index in [1.54, 1.807) is 6.92 Å². The molecule has 3 unspecified atom stereocenters. The van der Waals surface area contributed by atoms with Crippen molar-refractivity contribution in [2.45, 2.75) is 25.8 Å². The summed E-state index contributed by atoms with van der Waals surface area (Å²) in [6, 6.07) is 0.359. The number of fused-ring (bicyclic) bond motifs is 2. The number of carboxylic acids is 1. The Morgan fingerprint density at radius 2 is 2.29 bits per heavy atom. The van der Waals surface area contributed by atoms with E-state index in [1.165, 1.54) is 6.42 Å². The molecule has 1 aromatic rings. The average Bonchev–Trinajstić information content (AvgIpc) is 3.11. The molecule has 0 radical (unpaired) electrons. The smallest absolute Gasteiger partial charge is 0.349 e. The van der Waals surface area contributed by atoms with Gasteiger partial charge < -0.3 is 10.4 Å². The number of anilines is 1. The summed E-state index contributed by atoms with van der Waals surface area (Å²) in [5, 5.41) is 13.5. The molecule has 4 N–H and O–H groups in total. The number of carbonyl (C=O) groups is 1. The van der Waals surface area contributed by atoms with Crippen molar-refractivity contribution >= 4 is 40.5 Å². The van der Waals surface area contributed by atoms with Gasteiger partial charge in [-0.1, -0.05) is 12.2 Å². The monoisotopic (exact) mass is 324 g/mol. The number of aryl methyl sites for hydroxylation is 1. The standard InChI is InChI=1S/C13H16N4O2S2/c1-6-14-11(10(21-6)12(18)19)16-17-13(20)15-9-5-7-2-3-8(9)4-7/h2-3,7-9,16H,4-5H2,1H3,(H,18,19)(H2,15,17,20). The van der Waals surface area contributed by atoms with Crippen LogP contribution in [0.25, 0.3) is 0 Å². The second-order valence-corrected chi connectivity index (χ2v) is 6.94. The van der Waals surface area contributed by atoms with Crippen LogP contribution >= 0.6 is 23.6 Å². The summed E-state index contributed by atoms with van der Waals surface area (Å²) in [7, 11) is 0. The van der Waals surface area contributed by atoms with Gasteiger partial charge in [0.25, 0.3) is 0 Å². The molecule has 1 fully saturated rings. The highest BCUT2D eigenvalue weighted by Gasteiger charge is 2.35. The molecule has 112 valence electrons. The van der Waals surface area contributed by atoms with Gasteiger partial charge in [-0.25, -0.2) is 9.78 Å². The second kappa shape index (κ2) is 5.61. The van der Waals surface area contributed by atoms with Gasteiger partial charge in [0.1, 0.15) is 0 Å². The molecule has 21 heavy (non-hydrogen) atoms. The Bertz CT molecular complexity index is 613. The Balaban J connectivity index is 1.54. The molecule has 0 spiro atoms. The number of hydrazine groups is 1. The van der Waals surface area contributed by atoms with Crippen LogP contribution in [0.3, 0.4) is 0 Å². The third-order valence-corrected chi connectivity index (χ3v) is 5.00. The van der Waals surface area contributed by atoms with Crippen LogP contribution in [0, 0.1) is 18.8 Å². The minimum absolute atomic E-state index is 0.172. The van der Waals surface area contributed by atoms with Gasteiger partial charge in [-0.2, -0.15) is 0 Å². The molecular weight excluding hydrogens is 308 g/mol. The third kappa shape index (κ3) is 3.01. The van der Waals surface area contributed by atoms with Gasteiger partial charge in [0.05, 0.1) is 5.01 Å². The topological polar surface area (TPSA) is 86.3 Å². The molecule has 0 aliphatic heterocycles. The minimum atomic E-state index is -0.998. The molecular formula is C13H16N4O2S2. The first-order valence-electron chi connectivity index (χ1n) is 6.74. The Labute approximate surface area is 131 Å². The van der Waals surface area contributed by atoms with Crippen molar-refractivity contribution in [2.75, 3.05) is 5.43 Å². The van der Waals surface area contributed by atoms with E-state index in [1.807, 2.05) is 0 Å². The third-order valence-electron chi connectivity index (χ3n) is 3.82. The van der Waals surface area contributed by atoms with E-state index in [0.29, 0.717) is 33.8 Å². The molecule has 2 bridgehead atoms. The van der Waals surface area contributed by atoms with Gasteiger partial charge in [-0.05, 0) is 43.8 Å². The number of aromatic nitrogens is 1. The highest BCUT2D eigenvalue weighted by molar-refractivity contribution is 7.80. The van der Waals surface area contributed by atoms with Crippen LogP contribution in [0.15, 0.2) is 12.2 Å². The molecule has 3 rings (SSSR count). The fourth-order valence-electron chi connectivity index (χ4n) is 2.92. The number of thiocarbonyl (C=S) groups is 1. The Morgan fingerprint density at radius 3 is 2.90 bits per heavy atom. The number of nitrogens with one attached hydrogen (secondary N) is 3. The van der Waals surface area contributed by atoms with Gasteiger partial charge >= 0.3 is 5.97 Å². The van der Waals surface area contributed by atoms with Crippen LogP contribution < -0.4 is 16.2 Å². The van der Waals surface area contributed by atoms with Gasteiger partial charge in [0.15, 0.2) is 15.8 Å². The summed E-state index contributed by atoms with van der Waals surface area (Å²) in [6.07, 6.45) is 6.81. The van der Waals surface area contributed by atoms with Crippen molar-refractivity contribution in [3.8, 4) is 0 Å². The van der Waals surface area contributed by atoms with Gasteiger partial charge in [0.2, 0.25) is 0 Å². The van der Waals surface area contributed by atoms with E-state index < -0.39 is 5.97 Å². The summed E-state index contributed by atoms with van der Waals surface area (Å²) in [6.45, 7) is 1.76. The van der Waals surface area contributed by atoms with Crippen LogP contribution in [0.5, 0.6) is 0 Å². The molecule has 0 saturated heterocycles. The zero-order valence-corrected chi connectivity index (χ0v) is 13.1. The fraction of sp³-hybridized carbons (Fsp3) is 0.462. The van der Waals surface area contributed by atoms with E-state index >= 15 is 0 Å². The van der Waals surface area contributed by atoms with E-state index in [-0.39, 0.29) is 4.88 Å². The van der Waals surface area contributed by atoms with Crippen molar-refractivity contribution in [3.05, 3.63) is 22.0 Å². The molecule has 3 atom stereocenters. The molecule has 0 amide bonds. The first kappa shape index (κ1) is 14.3. The molecule has 1 heterocycles. The van der Waals surface area contributed by atoms with Crippen molar-refractivity contribution in [1.82, 2.24) is 15.7 Å². The SMILES string of the molecule is Cc1nc(NNC(=S)NC2CC3C=CC2C3)c(C(=O)O)s1. The molecule has 2 aliphatic carbocycles. The second-order valence-electron chi connectivity index (χ2n) is 5.33. The van der Waals surface area contributed by atoms with Gasteiger partial charge in [-0.15, -0.1) is 11.3 Å². The Kier molecular flexibility index (Phi) is 3.81. The van der Waals surface area contributed by atoms with Crippen LogP contribution in [-0.2, 0) is 0 Å². The van der Waals surface area contributed by atoms with Crippen LogP contribution in [0.2, 0.25) is 0 Å². The van der Waals surface area contributed by atoms with Crippen LogP contribution in [0.4, 0.5) is 5.82 Å². The highest BCUT2D eigenvalue weighted by Crippen LogP contribution is 2.38. The number of rotatable bonds is 4. The maximum absolute atomic E-state index is 11.1. The number of hydrogen-bond donors (Lipinski definition) is 4. The normalized spacial score (nSPS) is 25.9. The van der Waals surface area contributed by atoms with E-state index in [4.69, 9.17) is 17.3 Å². The zero-order chi connectivity index (χ0) is 15.0. The largest absolute Gasteiger partial charge is 0.477 e. The average molecular weight is 324 g/mol. The lowest BCUT2D eigenvalue weighted by molar-refractivity contribution is 0.0703. The summed E-state index contributed by atoms with van der Waals surface area (Å²) in [5.41, 5.74) is 5.60. The van der Waals surface area contributed by atoms with Gasteiger partial charge in [-0.3, -0.25) is 10.9 Å². The first-order chi connectivity index (χ1) is 10.0. The predicted octanol–water partition coefficient (Wildman–Crippen LogP) is 1.91. The molecule has 1 aromatic heterocycles. The zero-order valence-electron chi connectivity index (χ0n) is 11.4. The van der Waals surface area contributed by atoms with Crippen molar-refractivity contribution < 1.29 is 9.90 Å². The van der Waals surface area contributed by atoms with Crippen molar-refractivity contribution in [1.29, 1.82) is 0 Å². The lowest BCUT2D eigenvalue weighted by Crippen LogP contribution is -2.45. The number of thiazole rings is 1. The molecule has 1 saturated carbocycles. The van der Waals surface area contributed by atoms with Crippen LogP contribution in [0.1, 0.15) is 27.5 Å². The summed E-state index contributed by atoms with van der Waals surface area (Å²) in [5.74, 6) is 0.512. The fourth-order valence-corrected chi connectivity index (χ4v) is 3.84.